The molecular formula is C29H42N4O6. The van der Waals surface area contributed by atoms with E-state index in [0.717, 1.165) is 24.1 Å². The van der Waals surface area contributed by atoms with Crippen molar-refractivity contribution in [2.75, 3.05) is 27.9 Å². The van der Waals surface area contributed by atoms with Crippen molar-refractivity contribution < 1.29 is 28.6 Å². The van der Waals surface area contributed by atoms with E-state index in [4.69, 9.17) is 14.6 Å². The van der Waals surface area contributed by atoms with E-state index < -0.39 is 12.0 Å². The van der Waals surface area contributed by atoms with Crippen LogP contribution in [0, 0.1) is 17.8 Å². The SMILES string of the molecule is COC(=O)CNC(=O)C[C@H](CC(C)C)NC(=O)c1cc(-c2c(OC)cccc2OC)n(C2CCC(C)C2C)n1. The van der Waals surface area contributed by atoms with E-state index in [1.54, 1.807) is 20.3 Å². The van der Waals surface area contributed by atoms with Crippen LogP contribution in [0.2, 0.25) is 0 Å². The zero-order chi connectivity index (χ0) is 28.7. The highest BCUT2D eigenvalue weighted by molar-refractivity contribution is 5.94. The van der Waals surface area contributed by atoms with Gasteiger partial charge in [0.05, 0.1) is 38.6 Å². The van der Waals surface area contributed by atoms with Gasteiger partial charge in [-0.15, -0.1) is 0 Å². The summed E-state index contributed by atoms with van der Waals surface area (Å²) in [5.74, 6) is 1.14. The lowest BCUT2D eigenvalue weighted by Crippen LogP contribution is -2.41. The van der Waals surface area contributed by atoms with Crippen LogP contribution in [0.1, 0.15) is 69.9 Å². The van der Waals surface area contributed by atoms with Crippen molar-refractivity contribution in [3.8, 4) is 22.8 Å². The van der Waals surface area contributed by atoms with E-state index in [1.807, 2.05) is 36.7 Å². The number of hydrogen-bond acceptors (Lipinski definition) is 7. The first-order valence-corrected chi connectivity index (χ1v) is 13.5. The molecule has 2 aromatic rings. The Labute approximate surface area is 230 Å². The Bertz CT molecular complexity index is 1140. The largest absolute Gasteiger partial charge is 0.496 e. The molecule has 1 fully saturated rings. The number of methoxy groups -OCH3 is 3. The number of hydrogen-bond donors (Lipinski definition) is 2. The molecule has 214 valence electrons. The molecular weight excluding hydrogens is 500 g/mol. The maximum absolute atomic E-state index is 13.5. The number of ether oxygens (including phenoxy) is 3. The van der Waals surface area contributed by atoms with Crippen LogP contribution in [0.25, 0.3) is 11.3 Å². The fourth-order valence-corrected chi connectivity index (χ4v) is 5.29. The third kappa shape index (κ3) is 7.30. The third-order valence-electron chi connectivity index (χ3n) is 7.57. The highest BCUT2D eigenvalue weighted by Crippen LogP contribution is 2.45. The van der Waals surface area contributed by atoms with Gasteiger partial charge in [-0.1, -0.05) is 33.8 Å². The number of carbonyl (C=O) groups is 3. The highest BCUT2D eigenvalue weighted by Gasteiger charge is 2.35. The van der Waals surface area contributed by atoms with Gasteiger partial charge in [0.2, 0.25) is 5.91 Å². The molecule has 1 aliphatic carbocycles. The molecule has 4 atom stereocenters. The minimum atomic E-state index is -0.534. The molecule has 39 heavy (non-hydrogen) atoms. The topological polar surface area (TPSA) is 121 Å². The first kappa shape index (κ1) is 30.0. The van der Waals surface area contributed by atoms with Crippen molar-refractivity contribution in [1.29, 1.82) is 0 Å². The van der Waals surface area contributed by atoms with Crippen LogP contribution in [0.5, 0.6) is 11.5 Å². The van der Waals surface area contributed by atoms with E-state index in [-0.39, 0.29) is 42.4 Å². The summed E-state index contributed by atoms with van der Waals surface area (Å²) < 4.78 is 17.9. The number of amides is 2. The summed E-state index contributed by atoms with van der Waals surface area (Å²) in [6, 6.07) is 7.03. The minimum absolute atomic E-state index is 0.0337. The van der Waals surface area contributed by atoms with Crippen LogP contribution in [-0.4, -0.2) is 61.5 Å². The van der Waals surface area contributed by atoms with Gasteiger partial charge in [0.1, 0.15) is 18.0 Å². The first-order chi connectivity index (χ1) is 18.6. The van der Waals surface area contributed by atoms with Gasteiger partial charge >= 0.3 is 5.97 Å². The number of aromatic nitrogens is 2. The predicted octanol–water partition coefficient (Wildman–Crippen LogP) is 4.00. The van der Waals surface area contributed by atoms with Crippen molar-refractivity contribution in [1.82, 2.24) is 20.4 Å². The Morgan fingerprint density at radius 1 is 1.08 bits per heavy atom. The molecule has 1 aromatic heterocycles. The lowest BCUT2D eigenvalue weighted by atomic mass is 9.97. The van der Waals surface area contributed by atoms with Crippen LogP contribution >= 0.6 is 0 Å². The number of esters is 1. The summed E-state index contributed by atoms with van der Waals surface area (Å²) in [7, 11) is 4.47. The fraction of sp³-hybridized carbons (Fsp3) is 0.586. The molecule has 0 radical (unpaired) electrons. The molecule has 0 bridgehead atoms. The average molecular weight is 543 g/mol. The van der Waals surface area contributed by atoms with Crippen molar-refractivity contribution in [2.24, 2.45) is 17.8 Å². The normalized spacial score (nSPS) is 19.4. The van der Waals surface area contributed by atoms with Crippen LogP contribution in [0.3, 0.4) is 0 Å². The Hall–Kier alpha value is -3.56. The maximum Gasteiger partial charge on any atom is 0.325 e. The zero-order valence-electron chi connectivity index (χ0n) is 24.1. The lowest BCUT2D eigenvalue weighted by molar-refractivity contribution is -0.141. The maximum atomic E-state index is 13.5. The lowest BCUT2D eigenvalue weighted by Gasteiger charge is -2.22. The molecule has 1 saturated carbocycles. The van der Waals surface area contributed by atoms with Gasteiger partial charge in [0, 0.05) is 12.5 Å². The average Bonchev–Trinajstić information content (AvgIpc) is 3.49. The number of nitrogens with one attached hydrogen (secondary N) is 2. The van der Waals surface area contributed by atoms with Gasteiger partial charge in [0.25, 0.3) is 5.91 Å². The summed E-state index contributed by atoms with van der Waals surface area (Å²) in [5.41, 5.74) is 1.74. The third-order valence-corrected chi connectivity index (χ3v) is 7.57. The Morgan fingerprint density at radius 3 is 2.28 bits per heavy atom. The molecule has 3 unspecified atom stereocenters. The molecule has 1 heterocycles. The standard InChI is InChI=1S/C29H42N4O6/c1-17(2)13-20(14-26(34)30-16-27(35)39-7)31-29(36)21-15-23(28-24(37-5)9-8-10-25(28)38-6)33(32-21)22-12-11-18(3)19(22)4/h8-10,15,17-20,22H,11-14,16H2,1-7H3,(H,30,34)(H,31,36)/t18?,19?,20-,22?/m0/s1. The number of nitrogens with zero attached hydrogens (tertiary/aromatic N) is 2. The van der Waals surface area contributed by atoms with E-state index in [0.29, 0.717) is 29.8 Å². The fourth-order valence-electron chi connectivity index (χ4n) is 5.29. The van der Waals surface area contributed by atoms with Crippen molar-refractivity contribution in [2.45, 2.75) is 65.5 Å². The Kier molecular flexibility index (Phi) is 10.4. The summed E-state index contributed by atoms with van der Waals surface area (Å²) in [6.07, 6.45) is 2.65. The highest BCUT2D eigenvalue weighted by atomic mass is 16.5. The smallest absolute Gasteiger partial charge is 0.325 e. The van der Waals surface area contributed by atoms with Crippen molar-refractivity contribution >= 4 is 17.8 Å². The van der Waals surface area contributed by atoms with Crippen molar-refractivity contribution in [3.05, 3.63) is 30.0 Å². The Balaban J connectivity index is 1.95. The number of benzene rings is 1. The molecule has 10 heteroatoms. The van der Waals surface area contributed by atoms with Gasteiger partial charge in [-0.25, -0.2) is 0 Å². The van der Waals surface area contributed by atoms with E-state index in [9.17, 15) is 14.4 Å². The summed E-state index contributed by atoms with van der Waals surface area (Å²) in [4.78, 5) is 37.4. The van der Waals surface area contributed by atoms with Gasteiger partial charge in [-0.3, -0.25) is 19.1 Å². The van der Waals surface area contributed by atoms with E-state index in [2.05, 4.69) is 29.2 Å². The quantitative estimate of drug-likeness (QED) is 0.389. The molecule has 1 aromatic carbocycles. The minimum Gasteiger partial charge on any atom is -0.496 e. The summed E-state index contributed by atoms with van der Waals surface area (Å²) in [5, 5.41) is 10.4. The first-order valence-electron chi connectivity index (χ1n) is 13.5. The van der Waals surface area contributed by atoms with Gasteiger partial charge in [-0.05, 0) is 55.2 Å². The summed E-state index contributed by atoms with van der Waals surface area (Å²) in [6.45, 7) is 8.29. The second kappa shape index (κ2) is 13.5. The van der Waals surface area contributed by atoms with E-state index in [1.165, 1.54) is 7.11 Å². The van der Waals surface area contributed by atoms with Crippen LogP contribution in [0.4, 0.5) is 0 Å². The summed E-state index contributed by atoms with van der Waals surface area (Å²) >= 11 is 0. The van der Waals surface area contributed by atoms with Gasteiger partial charge in [-0.2, -0.15) is 5.10 Å². The van der Waals surface area contributed by atoms with Gasteiger partial charge in [0.15, 0.2) is 5.69 Å². The molecule has 0 saturated heterocycles. The molecule has 1 aliphatic rings. The molecule has 10 nitrogen and oxygen atoms in total. The predicted molar refractivity (Wildman–Crippen MR) is 148 cm³/mol. The molecule has 2 N–H and O–H groups in total. The Morgan fingerprint density at radius 2 is 1.74 bits per heavy atom. The monoisotopic (exact) mass is 542 g/mol. The molecule has 3 rings (SSSR count). The second-order valence-electron chi connectivity index (χ2n) is 10.7. The molecule has 0 aliphatic heterocycles. The van der Waals surface area contributed by atoms with Crippen LogP contribution < -0.4 is 20.1 Å². The molecule has 2 amide bonds. The number of carbonyl (C=O) groups excluding carboxylic acids is 3. The van der Waals surface area contributed by atoms with Crippen molar-refractivity contribution in [3.63, 3.8) is 0 Å². The van der Waals surface area contributed by atoms with Crippen LogP contribution in [0.15, 0.2) is 24.3 Å². The number of rotatable bonds is 12. The zero-order valence-corrected chi connectivity index (χ0v) is 24.1. The van der Waals surface area contributed by atoms with Gasteiger partial charge < -0.3 is 24.8 Å². The van der Waals surface area contributed by atoms with E-state index >= 15 is 0 Å². The molecule has 0 spiro atoms. The van der Waals surface area contributed by atoms with Crippen LogP contribution in [-0.2, 0) is 14.3 Å². The second-order valence-corrected chi connectivity index (χ2v) is 10.7.